The highest BCUT2D eigenvalue weighted by Crippen LogP contribution is 2.30. The van der Waals surface area contributed by atoms with Crippen LogP contribution in [0.5, 0.6) is 0 Å². The average molecular weight is 208 g/mol. The first-order chi connectivity index (χ1) is 6.32. The van der Waals surface area contributed by atoms with Gasteiger partial charge >= 0.3 is 17.9 Å². The molecule has 1 aromatic rings. The molecule has 1 N–H and O–H groups in total. The van der Waals surface area contributed by atoms with Gasteiger partial charge in [0.2, 0.25) is 5.76 Å². The van der Waals surface area contributed by atoms with Gasteiger partial charge < -0.3 is 9.52 Å². The van der Waals surface area contributed by atoms with Crippen molar-refractivity contribution in [1.82, 2.24) is 0 Å². The number of hydrogen-bond acceptors (Lipinski definition) is 3. The smallest absolute Gasteiger partial charge is 0.449 e. The van der Waals surface area contributed by atoms with Gasteiger partial charge in [-0.2, -0.15) is 13.2 Å². The minimum atomic E-state index is -4.73. The molecule has 76 valence electrons. The molecule has 0 aliphatic heterocycles. The fourth-order valence-electron chi connectivity index (χ4n) is 0.718. The quantitative estimate of drug-likeness (QED) is 0.591. The molecule has 0 aromatic carbocycles. The molecule has 0 radical (unpaired) electrons. The van der Waals surface area contributed by atoms with Crippen molar-refractivity contribution in [3.8, 4) is 0 Å². The summed E-state index contributed by atoms with van der Waals surface area (Å²) >= 11 is 0. The van der Waals surface area contributed by atoms with Crippen molar-refractivity contribution in [3.05, 3.63) is 23.7 Å². The van der Waals surface area contributed by atoms with E-state index in [1.54, 1.807) is 0 Å². The van der Waals surface area contributed by atoms with Crippen molar-refractivity contribution in [1.29, 1.82) is 0 Å². The van der Waals surface area contributed by atoms with Gasteiger partial charge in [-0.1, -0.05) is 0 Å². The SMILES string of the molecule is O=C(O)C(=O)c1ccc(C(F)(F)F)o1. The molecule has 0 bridgehead atoms. The molecule has 0 aliphatic carbocycles. The van der Waals surface area contributed by atoms with Crippen molar-refractivity contribution in [2.75, 3.05) is 0 Å². The molecule has 0 saturated carbocycles. The van der Waals surface area contributed by atoms with E-state index in [2.05, 4.69) is 4.42 Å². The Morgan fingerprint density at radius 3 is 2.21 bits per heavy atom. The maximum absolute atomic E-state index is 11.9. The maximum Gasteiger partial charge on any atom is 0.449 e. The molecule has 0 fully saturated rings. The second kappa shape index (κ2) is 3.17. The van der Waals surface area contributed by atoms with Gasteiger partial charge in [0.15, 0.2) is 5.76 Å². The Balaban J connectivity index is 3.00. The lowest BCUT2D eigenvalue weighted by molar-refractivity contribution is -0.153. The van der Waals surface area contributed by atoms with Crippen molar-refractivity contribution >= 4 is 11.8 Å². The number of furan rings is 1. The molecule has 0 spiro atoms. The van der Waals surface area contributed by atoms with E-state index in [1.165, 1.54) is 0 Å². The fourth-order valence-corrected chi connectivity index (χ4v) is 0.718. The number of alkyl halides is 3. The van der Waals surface area contributed by atoms with Gasteiger partial charge in [-0.3, -0.25) is 4.79 Å². The van der Waals surface area contributed by atoms with Crippen LogP contribution in [0.15, 0.2) is 16.5 Å². The fraction of sp³-hybridized carbons (Fsp3) is 0.143. The Morgan fingerprint density at radius 1 is 1.29 bits per heavy atom. The number of hydrogen-bond donors (Lipinski definition) is 1. The Bertz CT molecular complexity index is 377. The predicted molar refractivity (Wildman–Crippen MR) is 35.7 cm³/mol. The van der Waals surface area contributed by atoms with Crippen molar-refractivity contribution < 1.29 is 32.3 Å². The maximum atomic E-state index is 11.9. The third-order valence-electron chi connectivity index (χ3n) is 1.30. The number of carbonyl (C=O) groups excluding carboxylic acids is 1. The standard InChI is InChI=1S/C7H3F3O4/c8-7(9,10)4-2-1-3(14-4)5(11)6(12)13/h1-2H,(H,12,13). The molecule has 0 aliphatic rings. The number of Topliss-reactive ketones (excluding diaryl/α,β-unsaturated/α-hetero) is 1. The van der Waals surface area contributed by atoms with Gasteiger partial charge in [-0.05, 0) is 12.1 Å². The average Bonchev–Trinajstić information content (AvgIpc) is 2.49. The van der Waals surface area contributed by atoms with Crippen LogP contribution < -0.4 is 0 Å². The number of carboxylic acids is 1. The van der Waals surface area contributed by atoms with Crippen LogP contribution in [-0.4, -0.2) is 16.9 Å². The summed E-state index contributed by atoms with van der Waals surface area (Å²) in [6.45, 7) is 0. The minimum absolute atomic E-state index is 0.496. The molecule has 0 saturated heterocycles. The molecule has 14 heavy (non-hydrogen) atoms. The summed E-state index contributed by atoms with van der Waals surface area (Å²) in [5, 5.41) is 8.16. The van der Waals surface area contributed by atoms with E-state index in [4.69, 9.17) is 5.11 Å². The molecule has 1 rings (SSSR count). The van der Waals surface area contributed by atoms with Gasteiger partial charge in [0, 0.05) is 0 Å². The van der Waals surface area contributed by atoms with Gasteiger partial charge in [0.1, 0.15) is 0 Å². The number of carbonyl (C=O) groups is 2. The summed E-state index contributed by atoms with van der Waals surface area (Å²) in [5.74, 6) is -5.62. The molecule has 1 heterocycles. The summed E-state index contributed by atoms with van der Waals surface area (Å²) < 4.78 is 39.8. The second-order valence-corrected chi connectivity index (χ2v) is 2.30. The summed E-state index contributed by atoms with van der Waals surface area (Å²) in [7, 11) is 0. The summed E-state index contributed by atoms with van der Waals surface area (Å²) in [6, 6.07) is 1.16. The van der Waals surface area contributed by atoms with Crippen LogP contribution in [0.3, 0.4) is 0 Å². The van der Waals surface area contributed by atoms with E-state index < -0.39 is 29.4 Å². The van der Waals surface area contributed by atoms with E-state index in [0.717, 1.165) is 0 Å². The number of carboxylic acid groups (broad SMARTS) is 1. The Morgan fingerprint density at radius 2 is 1.86 bits per heavy atom. The van der Waals surface area contributed by atoms with Crippen LogP contribution in [0, 0.1) is 0 Å². The lowest BCUT2D eigenvalue weighted by Crippen LogP contribution is -2.11. The Kier molecular flexibility index (Phi) is 2.33. The number of ketones is 1. The molecule has 1 aromatic heterocycles. The topological polar surface area (TPSA) is 67.5 Å². The third-order valence-corrected chi connectivity index (χ3v) is 1.30. The first-order valence-corrected chi connectivity index (χ1v) is 3.27. The summed E-state index contributed by atoms with van der Waals surface area (Å²) in [5.41, 5.74) is 0. The number of halogens is 3. The van der Waals surface area contributed by atoms with Gasteiger partial charge in [0.25, 0.3) is 0 Å². The molecule has 7 heteroatoms. The van der Waals surface area contributed by atoms with Crippen molar-refractivity contribution in [3.63, 3.8) is 0 Å². The largest absolute Gasteiger partial charge is 0.475 e. The lowest BCUT2D eigenvalue weighted by Gasteiger charge is -1.99. The van der Waals surface area contributed by atoms with Crippen LogP contribution in [-0.2, 0) is 11.0 Å². The van der Waals surface area contributed by atoms with Crippen LogP contribution in [0.1, 0.15) is 16.3 Å². The third kappa shape index (κ3) is 1.93. The van der Waals surface area contributed by atoms with Gasteiger partial charge in [-0.15, -0.1) is 0 Å². The Labute approximate surface area is 74.9 Å². The Hall–Kier alpha value is -1.79. The first kappa shape index (κ1) is 10.3. The molecule has 0 atom stereocenters. The van der Waals surface area contributed by atoms with E-state index in [0.29, 0.717) is 12.1 Å². The number of aliphatic carboxylic acids is 1. The highest BCUT2D eigenvalue weighted by Gasteiger charge is 2.36. The molecule has 0 amide bonds. The monoisotopic (exact) mass is 208 g/mol. The molecular formula is C7H3F3O4. The minimum Gasteiger partial charge on any atom is -0.475 e. The van der Waals surface area contributed by atoms with Crippen molar-refractivity contribution in [2.24, 2.45) is 0 Å². The zero-order valence-electron chi connectivity index (χ0n) is 6.46. The lowest BCUT2D eigenvalue weighted by atomic mass is 10.3. The van der Waals surface area contributed by atoms with E-state index in [9.17, 15) is 22.8 Å². The highest BCUT2D eigenvalue weighted by molar-refractivity contribution is 6.38. The zero-order chi connectivity index (χ0) is 10.9. The van der Waals surface area contributed by atoms with E-state index in [-0.39, 0.29) is 0 Å². The molecule has 0 unspecified atom stereocenters. The first-order valence-electron chi connectivity index (χ1n) is 3.27. The van der Waals surface area contributed by atoms with Crippen LogP contribution in [0.2, 0.25) is 0 Å². The molecular weight excluding hydrogens is 205 g/mol. The number of rotatable bonds is 2. The van der Waals surface area contributed by atoms with Crippen LogP contribution in [0.4, 0.5) is 13.2 Å². The van der Waals surface area contributed by atoms with E-state index >= 15 is 0 Å². The second-order valence-electron chi connectivity index (χ2n) is 2.30. The van der Waals surface area contributed by atoms with Crippen LogP contribution in [0.25, 0.3) is 0 Å². The summed E-state index contributed by atoms with van der Waals surface area (Å²) in [4.78, 5) is 20.7. The van der Waals surface area contributed by atoms with Crippen LogP contribution >= 0.6 is 0 Å². The summed E-state index contributed by atoms with van der Waals surface area (Å²) in [6.07, 6.45) is -4.73. The van der Waals surface area contributed by atoms with Gasteiger partial charge in [-0.25, -0.2) is 4.79 Å². The molecule has 4 nitrogen and oxygen atoms in total. The highest BCUT2D eigenvalue weighted by atomic mass is 19.4. The normalized spacial score (nSPS) is 11.4. The zero-order valence-corrected chi connectivity index (χ0v) is 6.46. The van der Waals surface area contributed by atoms with Gasteiger partial charge in [0.05, 0.1) is 0 Å². The van der Waals surface area contributed by atoms with E-state index in [1.807, 2.05) is 0 Å². The predicted octanol–water partition coefficient (Wildman–Crippen LogP) is 1.57. The van der Waals surface area contributed by atoms with Crippen molar-refractivity contribution in [2.45, 2.75) is 6.18 Å².